The summed E-state index contributed by atoms with van der Waals surface area (Å²) in [4.78, 5) is 2.21. The lowest BCUT2D eigenvalue weighted by molar-refractivity contribution is 0.238. The molecule has 2 heterocycles. The second kappa shape index (κ2) is 6.70. The van der Waals surface area contributed by atoms with E-state index in [2.05, 4.69) is 11.9 Å². The van der Waals surface area contributed by atoms with E-state index >= 15 is 0 Å². The third kappa shape index (κ3) is 3.51. The lowest BCUT2D eigenvalue weighted by Crippen LogP contribution is -2.51. The van der Waals surface area contributed by atoms with Gasteiger partial charge in [0.25, 0.3) is 10.2 Å². The molecule has 1 atom stereocenters. The fraction of sp³-hybridized carbons (Fsp3) is 1.00. The van der Waals surface area contributed by atoms with E-state index < -0.39 is 10.2 Å². The zero-order chi connectivity index (χ0) is 14.8. The highest BCUT2D eigenvalue weighted by atomic mass is 32.2. The maximum absolute atomic E-state index is 12.8. The Hall–Kier alpha value is -0.210. The minimum atomic E-state index is -3.31. The van der Waals surface area contributed by atoms with Gasteiger partial charge in [0.1, 0.15) is 0 Å². The van der Waals surface area contributed by atoms with Crippen LogP contribution < -0.4 is 5.73 Å². The summed E-state index contributed by atoms with van der Waals surface area (Å²) >= 11 is 0. The van der Waals surface area contributed by atoms with Crippen LogP contribution in [0.4, 0.5) is 0 Å². The van der Waals surface area contributed by atoms with E-state index in [0.717, 1.165) is 32.4 Å². The van der Waals surface area contributed by atoms with Gasteiger partial charge in [0.05, 0.1) is 0 Å². The van der Waals surface area contributed by atoms with Gasteiger partial charge in [-0.1, -0.05) is 0 Å². The van der Waals surface area contributed by atoms with Crippen molar-refractivity contribution >= 4 is 10.2 Å². The topological polar surface area (TPSA) is 69.9 Å². The Morgan fingerprint density at radius 3 is 2.40 bits per heavy atom. The molecule has 1 unspecified atom stereocenters. The van der Waals surface area contributed by atoms with E-state index in [0.29, 0.717) is 32.1 Å². The Balaban J connectivity index is 2.05. The first-order valence-corrected chi connectivity index (χ1v) is 9.00. The van der Waals surface area contributed by atoms with Crippen LogP contribution in [0.1, 0.15) is 26.2 Å². The fourth-order valence-corrected chi connectivity index (χ4v) is 5.07. The molecule has 6 nitrogen and oxygen atoms in total. The number of hydrogen-bond donors (Lipinski definition) is 1. The third-order valence-corrected chi connectivity index (χ3v) is 6.67. The van der Waals surface area contributed by atoms with E-state index in [1.807, 2.05) is 6.92 Å². The largest absolute Gasteiger partial charge is 0.330 e. The van der Waals surface area contributed by atoms with Crippen LogP contribution in [0, 0.1) is 5.92 Å². The highest BCUT2D eigenvalue weighted by Crippen LogP contribution is 2.23. The second-order valence-electron chi connectivity index (χ2n) is 6.16. The van der Waals surface area contributed by atoms with Crippen LogP contribution in [0.3, 0.4) is 0 Å². The highest BCUT2D eigenvalue weighted by molar-refractivity contribution is 7.86. The monoisotopic (exact) mass is 304 g/mol. The first-order valence-electron chi connectivity index (χ1n) is 7.60. The summed E-state index contributed by atoms with van der Waals surface area (Å²) in [6.45, 7) is 6.30. The minimum absolute atomic E-state index is 0.0414. The van der Waals surface area contributed by atoms with Gasteiger partial charge in [-0.2, -0.15) is 17.0 Å². The molecule has 20 heavy (non-hydrogen) atoms. The second-order valence-corrected chi connectivity index (χ2v) is 8.04. The minimum Gasteiger partial charge on any atom is -0.330 e. The number of rotatable bonds is 3. The summed E-state index contributed by atoms with van der Waals surface area (Å²) in [5.41, 5.74) is 5.67. The Morgan fingerprint density at radius 1 is 1.15 bits per heavy atom. The van der Waals surface area contributed by atoms with E-state index in [9.17, 15) is 8.42 Å². The normalized spacial score (nSPS) is 29.4. The number of nitrogens with zero attached hydrogens (tertiary/aromatic N) is 3. The van der Waals surface area contributed by atoms with Crippen LogP contribution in [0.25, 0.3) is 0 Å². The van der Waals surface area contributed by atoms with Gasteiger partial charge in [0.15, 0.2) is 0 Å². The van der Waals surface area contributed by atoms with E-state index in [1.54, 1.807) is 8.61 Å². The van der Waals surface area contributed by atoms with E-state index in [1.165, 1.54) is 0 Å². The predicted molar refractivity (Wildman–Crippen MR) is 80.6 cm³/mol. The quantitative estimate of drug-likeness (QED) is 0.792. The van der Waals surface area contributed by atoms with Gasteiger partial charge >= 0.3 is 0 Å². The molecular weight excluding hydrogens is 276 g/mol. The van der Waals surface area contributed by atoms with Crippen molar-refractivity contribution in [3.8, 4) is 0 Å². The maximum Gasteiger partial charge on any atom is 0.282 e. The molecule has 0 saturated carbocycles. The van der Waals surface area contributed by atoms with Crippen molar-refractivity contribution in [3.05, 3.63) is 0 Å². The molecule has 0 spiro atoms. The molecule has 0 radical (unpaired) electrons. The average Bonchev–Trinajstić information content (AvgIpc) is 2.59. The van der Waals surface area contributed by atoms with Crippen LogP contribution >= 0.6 is 0 Å². The van der Waals surface area contributed by atoms with Crippen molar-refractivity contribution in [1.82, 2.24) is 13.5 Å². The summed E-state index contributed by atoms with van der Waals surface area (Å²) in [5, 5.41) is 0. The molecule has 2 saturated heterocycles. The standard InChI is InChI=1S/C13H28N4O2S/c1-12-11-15(2)6-3-7-17(12)20(18,19)16-8-4-13(10-14)5-9-16/h12-13H,3-11,14H2,1-2H3. The van der Waals surface area contributed by atoms with Crippen LogP contribution in [0.2, 0.25) is 0 Å². The third-order valence-electron chi connectivity index (χ3n) is 4.52. The zero-order valence-electron chi connectivity index (χ0n) is 12.7. The number of hydrogen-bond acceptors (Lipinski definition) is 4. The summed E-state index contributed by atoms with van der Waals surface area (Å²) in [5.74, 6) is 0.481. The SMILES string of the molecule is CC1CN(C)CCCN1S(=O)(=O)N1CCC(CN)CC1. The fourth-order valence-electron chi connectivity index (χ4n) is 3.22. The molecule has 0 amide bonds. The average molecular weight is 304 g/mol. The van der Waals surface area contributed by atoms with Gasteiger partial charge < -0.3 is 10.6 Å². The Labute approximate surface area is 123 Å². The van der Waals surface area contributed by atoms with Gasteiger partial charge in [0.2, 0.25) is 0 Å². The summed E-state index contributed by atoms with van der Waals surface area (Å²) < 4.78 is 29.0. The van der Waals surface area contributed by atoms with Crippen LogP contribution in [-0.4, -0.2) is 74.3 Å². The number of nitrogens with two attached hydrogens (primary N) is 1. The number of likely N-dealkylation sites (N-methyl/N-ethyl adjacent to an activating group) is 1. The van der Waals surface area contributed by atoms with Crippen molar-refractivity contribution in [1.29, 1.82) is 0 Å². The maximum atomic E-state index is 12.8. The van der Waals surface area contributed by atoms with Crippen LogP contribution in [-0.2, 0) is 10.2 Å². The molecular formula is C13H28N4O2S. The van der Waals surface area contributed by atoms with Crippen molar-refractivity contribution in [3.63, 3.8) is 0 Å². The molecule has 2 N–H and O–H groups in total. The van der Waals surface area contributed by atoms with Gasteiger partial charge in [0, 0.05) is 32.2 Å². The molecule has 0 aromatic rings. The lowest BCUT2D eigenvalue weighted by Gasteiger charge is -2.36. The molecule has 2 rings (SSSR count). The molecule has 7 heteroatoms. The Bertz CT molecular complexity index is 407. The predicted octanol–water partition coefficient (Wildman–Crippen LogP) is -0.0721. The van der Waals surface area contributed by atoms with Crippen molar-refractivity contribution in [2.75, 3.05) is 46.3 Å². The van der Waals surface area contributed by atoms with Crippen molar-refractivity contribution < 1.29 is 8.42 Å². The summed E-state index contributed by atoms with van der Waals surface area (Å²) in [6.07, 6.45) is 2.68. The van der Waals surface area contributed by atoms with Gasteiger partial charge in [-0.25, -0.2) is 0 Å². The summed E-state index contributed by atoms with van der Waals surface area (Å²) in [6, 6.07) is 0.0414. The molecule has 118 valence electrons. The van der Waals surface area contributed by atoms with Gasteiger partial charge in [-0.15, -0.1) is 0 Å². The van der Waals surface area contributed by atoms with Crippen LogP contribution in [0.15, 0.2) is 0 Å². The summed E-state index contributed by atoms with van der Waals surface area (Å²) in [7, 11) is -1.26. The molecule has 2 aliphatic rings. The van der Waals surface area contributed by atoms with E-state index in [4.69, 9.17) is 5.73 Å². The molecule has 0 bridgehead atoms. The molecule has 2 fully saturated rings. The molecule has 0 aliphatic carbocycles. The lowest BCUT2D eigenvalue weighted by atomic mass is 9.99. The Kier molecular flexibility index (Phi) is 5.42. The first kappa shape index (κ1) is 16.2. The highest BCUT2D eigenvalue weighted by Gasteiger charge is 2.36. The smallest absolute Gasteiger partial charge is 0.282 e. The molecule has 0 aromatic heterocycles. The van der Waals surface area contributed by atoms with Crippen molar-refractivity contribution in [2.45, 2.75) is 32.2 Å². The van der Waals surface area contributed by atoms with Gasteiger partial charge in [-0.3, -0.25) is 0 Å². The van der Waals surface area contributed by atoms with Gasteiger partial charge in [-0.05, 0) is 52.2 Å². The Morgan fingerprint density at radius 2 is 1.80 bits per heavy atom. The molecule has 2 aliphatic heterocycles. The zero-order valence-corrected chi connectivity index (χ0v) is 13.5. The molecule has 0 aromatic carbocycles. The first-order chi connectivity index (χ1) is 9.45. The van der Waals surface area contributed by atoms with Crippen molar-refractivity contribution in [2.24, 2.45) is 11.7 Å². The van der Waals surface area contributed by atoms with E-state index in [-0.39, 0.29) is 6.04 Å². The van der Waals surface area contributed by atoms with Crippen LogP contribution in [0.5, 0.6) is 0 Å². The number of piperidine rings is 1.